The van der Waals surface area contributed by atoms with Crippen LogP contribution in [0.5, 0.6) is 0 Å². The molecule has 1 aromatic heterocycles. The van der Waals surface area contributed by atoms with Gasteiger partial charge in [-0.25, -0.2) is 9.97 Å². The molecular weight excluding hydrogens is 222 g/mol. The fourth-order valence-electron chi connectivity index (χ4n) is 1.90. The van der Waals surface area contributed by atoms with Crippen LogP contribution in [0.4, 0.5) is 5.82 Å². The van der Waals surface area contributed by atoms with Crippen LogP contribution in [-0.2, 0) is 6.42 Å². The minimum absolute atomic E-state index is 0.656. The third kappa shape index (κ3) is 2.85. The van der Waals surface area contributed by atoms with Crippen molar-refractivity contribution in [2.75, 3.05) is 17.3 Å². The SMILES string of the molecule is CCCc1cc(N(CCCl)C2CC2)ncn1. The van der Waals surface area contributed by atoms with Crippen molar-refractivity contribution in [2.24, 2.45) is 0 Å². The highest BCUT2D eigenvalue weighted by atomic mass is 35.5. The molecule has 0 radical (unpaired) electrons. The second kappa shape index (κ2) is 5.48. The van der Waals surface area contributed by atoms with Crippen LogP contribution in [0, 0.1) is 0 Å². The average molecular weight is 240 g/mol. The van der Waals surface area contributed by atoms with E-state index in [9.17, 15) is 0 Å². The van der Waals surface area contributed by atoms with Gasteiger partial charge in [0.1, 0.15) is 12.1 Å². The van der Waals surface area contributed by atoms with Crippen molar-refractivity contribution in [1.82, 2.24) is 9.97 Å². The minimum atomic E-state index is 0.656. The highest BCUT2D eigenvalue weighted by molar-refractivity contribution is 6.18. The highest BCUT2D eigenvalue weighted by Gasteiger charge is 2.29. The van der Waals surface area contributed by atoms with Crippen LogP contribution < -0.4 is 4.90 Å². The molecule has 1 aromatic rings. The van der Waals surface area contributed by atoms with Crippen LogP contribution in [0.25, 0.3) is 0 Å². The Morgan fingerprint density at radius 2 is 2.25 bits per heavy atom. The van der Waals surface area contributed by atoms with Gasteiger partial charge in [-0.1, -0.05) is 13.3 Å². The van der Waals surface area contributed by atoms with E-state index in [-0.39, 0.29) is 0 Å². The summed E-state index contributed by atoms with van der Waals surface area (Å²) in [5.41, 5.74) is 1.13. The quantitative estimate of drug-likeness (QED) is 0.715. The number of hydrogen-bond donors (Lipinski definition) is 0. The second-order valence-corrected chi connectivity index (χ2v) is 4.61. The Kier molecular flexibility index (Phi) is 3.99. The molecule has 0 amide bonds. The van der Waals surface area contributed by atoms with Crippen molar-refractivity contribution in [3.63, 3.8) is 0 Å². The maximum absolute atomic E-state index is 5.83. The zero-order chi connectivity index (χ0) is 11.4. The average Bonchev–Trinajstić information content (AvgIpc) is 3.11. The maximum atomic E-state index is 5.83. The molecule has 0 unspecified atom stereocenters. The molecule has 1 fully saturated rings. The summed E-state index contributed by atoms with van der Waals surface area (Å²) < 4.78 is 0. The van der Waals surface area contributed by atoms with E-state index in [1.807, 2.05) is 0 Å². The van der Waals surface area contributed by atoms with Crippen LogP contribution >= 0.6 is 11.6 Å². The van der Waals surface area contributed by atoms with Gasteiger partial charge in [0.05, 0.1) is 0 Å². The standard InChI is InChI=1S/C12H18ClN3/c1-2-3-10-8-12(15-9-14-10)16(7-6-13)11-4-5-11/h8-9,11H,2-7H2,1H3. The number of aromatic nitrogens is 2. The van der Waals surface area contributed by atoms with E-state index < -0.39 is 0 Å². The molecule has 3 nitrogen and oxygen atoms in total. The Hall–Kier alpha value is -0.830. The summed E-state index contributed by atoms with van der Waals surface area (Å²) in [5, 5.41) is 0. The Balaban J connectivity index is 2.12. The largest absolute Gasteiger partial charge is 0.352 e. The molecule has 1 saturated carbocycles. The molecule has 0 aliphatic heterocycles. The Morgan fingerprint density at radius 1 is 1.44 bits per heavy atom. The van der Waals surface area contributed by atoms with Gasteiger partial charge in [0.15, 0.2) is 0 Å². The maximum Gasteiger partial charge on any atom is 0.132 e. The first-order valence-corrected chi connectivity index (χ1v) is 6.52. The van der Waals surface area contributed by atoms with E-state index in [4.69, 9.17) is 11.6 Å². The molecule has 1 heterocycles. The molecule has 0 bridgehead atoms. The minimum Gasteiger partial charge on any atom is -0.352 e. The van der Waals surface area contributed by atoms with Crippen LogP contribution in [0.2, 0.25) is 0 Å². The molecular formula is C12H18ClN3. The molecule has 0 atom stereocenters. The van der Waals surface area contributed by atoms with Crippen LogP contribution in [0.3, 0.4) is 0 Å². The number of hydrogen-bond acceptors (Lipinski definition) is 3. The first kappa shape index (κ1) is 11.6. The molecule has 4 heteroatoms. The lowest BCUT2D eigenvalue weighted by atomic mass is 10.2. The topological polar surface area (TPSA) is 29.0 Å². The van der Waals surface area contributed by atoms with Crippen LogP contribution in [0.1, 0.15) is 31.9 Å². The summed E-state index contributed by atoms with van der Waals surface area (Å²) in [6, 6.07) is 2.76. The van der Waals surface area contributed by atoms with Gasteiger partial charge in [0, 0.05) is 30.2 Å². The summed E-state index contributed by atoms with van der Waals surface area (Å²) in [6.07, 6.45) is 6.35. The zero-order valence-corrected chi connectivity index (χ0v) is 10.5. The molecule has 16 heavy (non-hydrogen) atoms. The Labute approximate surface area is 102 Å². The number of halogens is 1. The molecule has 0 N–H and O–H groups in total. The fourth-order valence-corrected chi connectivity index (χ4v) is 2.08. The highest BCUT2D eigenvalue weighted by Crippen LogP contribution is 2.30. The van der Waals surface area contributed by atoms with Crippen molar-refractivity contribution in [1.29, 1.82) is 0 Å². The second-order valence-electron chi connectivity index (χ2n) is 4.23. The predicted molar refractivity (Wildman–Crippen MR) is 67.1 cm³/mol. The summed E-state index contributed by atoms with van der Waals surface area (Å²) >= 11 is 5.83. The van der Waals surface area contributed by atoms with Crippen molar-refractivity contribution in [2.45, 2.75) is 38.6 Å². The summed E-state index contributed by atoms with van der Waals surface area (Å²) in [6.45, 7) is 3.05. The Bertz CT molecular complexity index is 339. The van der Waals surface area contributed by atoms with E-state index in [0.717, 1.165) is 30.9 Å². The molecule has 0 saturated heterocycles. The molecule has 2 rings (SSSR count). The van der Waals surface area contributed by atoms with Crippen molar-refractivity contribution in [3.05, 3.63) is 18.1 Å². The van der Waals surface area contributed by atoms with Crippen molar-refractivity contribution < 1.29 is 0 Å². The smallest absolute Gasteiger partial charge is 0.132 e. The van der Waals surface area contributed by atoms with Gasteiger partial charge in [0.2, 0.25) is 0 Å². The van der Waals surface area contributed by atoms with E-state index in [1.165, 1.54) is 12.8 Å². The van der Waals surface area contributed by atoms with E-state index in [1.54, 1.807) is 6.33 Å². The third-order valence-electron chi connectivity index (χ3n) is 2.82. The van der Waals surface area contributed by atoms with Gasteiger partial charge in [-0.3, -0.25) is 0 Å². The summed E-state index contributed by atoms with van der Waals surface area (Å²) in [7, 11) is 0. The first-order chi connectivity index (χ1) is 7.85. The molecule has 88 valence electrons. The van der Waals surface area contributed by atoms with Crippen LogP contribution in [0.15, 0.2) is 12.4 Å². The molecule has 0 spiro atoms. The number of aryl methyl sites for hydroxylation is 1. The number of alkyl halides is 1. The van der Waals surface area contributed by atoms with Gasteiger partial charge >= 0.3 is 0 Å². The van der Waals surface area contributed by atoms with E-state index >= 15 is 0 Å². The zero-order valence-electron chi connectivity index (χ0n) is 9.69. The van der Waals surface area contributed by atoms with Gasteiger partial charge in [0.25, 0.3) is 0 Å². The molecule has 1 aliphatic carbocycles. The van der Waals surface area contributed by atoms with Crippen molar-refractivity contribution in [3.8, 4) is 0 Å². The van der Waals surface area contributed by atoms with Gasteiger partial charge < -0.3 is 4.90 Å². The van der Waals surface area contributed by atoms with E-state index in [0.29, 0.717) is 11.9 Å². The Morgan fingerprint density at radius 3 is 2.88 bits per heavy atom. The summed E-state index contributed by atoms with van der Waals surface area (Å²) in [4.78, 5) is 11.0. The molecule has 0 aromatic carbocycles. The molecule has 1 aliphatic rings. The monoisotopic (exact) mass is 239 g/mol. The fraction of sp³-hybridized carbons (Fsp3) is 0.667. The number of nitrogens with zero attached hydrogens (tertiary/aromatic N) is 3. The lowest BCUT2D eigenvalue weighted by Gasteiger charge is -2.22. The lowest BCUT2D eigenvalue weighted by molar-refractivity contribution is 0.796. The van der Waals surface area contributed by atoms with Crippen molar-refractivity contribution >= 4 is 17.4 Å². The van der Waals surface area contributed by atoms with Crippen LogP contribution in [-0.4, -0.2) is 28.4 Å². The predicted octanol–water partition coefficient (Wildman–Crippen LogP) is 2.64. The summed E-state index contributed by atoms with van der Waals surface area (Å²) in [5.74, 6) is 1.70. The number of rotatable bonds is 6. The third-order valence-corrected chi connectivity index (χ3v) is 2.99. The van der Waals surface area contributed by atoms with E-state index in [2.05, 4.69) is 27.9 Å². The first-order valence-electron chi connectivity index (χ1n) is 5.98. The lowest BCUT2D eigenvalue weighted by Crippen LogP contribution is -2.28. The van der Waals surface area contributed by atoms with Gasteiger partial charge in [-0.2, -0.15) is 0 Å². The number of anilines is 1. The van der Waals surface area contributed by atoms with Gasteiger partial charge in [-0.05, 0) is 19.3 Å². The van der Waals surface area contributed by atoms with Gasteiger partial charge in [-0.15, -0.1) is 11.6 Å². The normalized spacial score (nSPS) is 15.1.